The van der Waals surface area contributed by atoms with Gasteiger partial charge in [-0.05, 0) is 25.2 Å². The van der Waals surface area contributed by atoms with Crippen molar-refractivity contribution in [3.05, 3.63) is 33.9 Å². The van der Waals surface area contributed by atoms with Crippen LogP contribution >= 0.6 is 11.8 Å². The summed E-state index contributed by atoms with van der Waals surface area (Å²) in [5.41, 5.74) is -0.112. The topological polar surface area (TPSA) is 92.5 Å². The number of rotatable bonds is 5. The molecule has 1 aliphatic rings. The van der Waals surface area contributed by atoms with E-state index in [2.05, 4.69) is 5.32 Å². The highest BCUT2D eigenvalue weighted by Crippen LogP contribution is 2.35. The van der Waals surface area contributed by atoms with Crippen molar-refractivity contribution in [2.24, 2.45) is 0 Å². The molecule has 2 unspecified atom stereocenters. The van der Waals surface area contributed by atoms with Gasteiger partial charge in [0.15, 0.2) is 0 Å². The molecule has 20 heavy (non-hydrogen) atoms. The summed E-state index contributed by atoms with van der Waals surface area (Å²) in [6.45, 7) is 0. The molecule has 0 spiro atoms. The summed E-state index contributed by atoms with van der Waals surface area (Å²) in [6, 6.07) is 4.19. The van der Waals surface area contributed by atoms with Crippen molar-refractivity contribution >= 4 is 29.1 Å². The van der Waals surface area contributed by atoms with Crippen molar-refractivity contribution in [2.75, 3.05) is 11.6 Å². The molecule has 0 aliphatic heterocycles. The molecule has 1 aromatic carbocycles. The first kappa shape index (κ1) is 14.6. The Morgan fingerprint density at radius 3 is 2.85 bits per heavy atom. The molecular weight excluding hydrogens is 280 g/mol. The molecule has 0 saturated heterocycles. The number of anilines is 1. The molecule has 2 N–H and O–H groups in total. The van der Waals surface area contributed by atoms with E-state index >= 15 is 0 Å². The van der Waals surface area contributed by atoms with E-state index in [-0.39, 0.29) is 23.0 Å². The van der Waals surface area contributed by atoms with E-state index in [1.54, 1.807) is 11.8 Å². The van der Waals surface area contributed by atoms with Crippen molar-refractivity contribution in [1.29, 1.82) is 0 Å². The number of nitrogens with one attached hydrogen (secondary N) is 1. The maximum Gasteiger partial charge on any atom is 0.338 e. The lowest BCUT2D eigenvalue weighted by atomic mass is 10.1. The van der Waals surface area contributed by atoms with Gasteiger partial charge in [-0.3, -0.25) is 10.1 Å². The summed E-state index contributed by atoms with van der Waals surface area (Å²) < 4.78 is 0. The third kappa shape index (κ3) is 2.87. The number of nitro benzene ring substituents is 1. The molecular formula is C13H16N2O4S. The fourth-order valence-electron chi connectivity index (χ4n) is 2.58. The maximum atomic E-state index is 11.3. The lowest BCUT2D eigenvalue weighted by molar-refractivity contribution is -0.384. The van der Waals surface area contributed by atoms with Crippen LogP contribution < -0.4 is 5.32 Å². The Morgan fingerprint density at radius 2 is 2.25 bits per heavy atom. The van der Waals surface area contributed by atoms with Crippen molar-refractivity contribution in [3.63, 3.8) is 0 Å². The van der Waals surface area contributed by atoms with Crippen LogP contribution in [0.1, 0.15) is 29.6 Å². The number of aromatic carboxylic acids is 1. The number of thioether (sulfide) groups is 1. The van der Waals surface area contributed by atoms with Gasteiger partial charge in [-0.1, -0.05) is 12.5 Å². The fraction of sp³-hybridized carbons (Fsp3) is 0.462. The Morgan fingerprint density at radius 1 is 1.50 bits per heavy atom. The molecule has 0 bridgehead atoms. The minimum Gasteiger partial charge on any atom is -0.478 e. The predicted molar refractivity (Wildman–Crippen MR) is 78.6 cm³/mol. The molecule has 2 atom stereocenters. The molecule has 1 saturated carbocycles. The third-order valence-electron chi connectivity index (χ3n) is 3.55. The molecule has 0 aromatic heterocycles. The van der Waals surface area contributed by atoms with Crippen LogP contribution in [-0.4, -0.2) is 33.5 Å². The highest BCUT2D eigenvalue weighted by Gasteiger charge is 2.30. The van der Waals surface area contributed by atoms with Crippen LogP contribution in [0.5, 0.6) is 0 Å². The Kier molecular flexibility index (Phi) is 4.49. The quantitative estimate of drug-likeness (QED) is 0.641. The number of hydrogen-bond donors (Lipinski definition) is 2. The van der Waals surface area contributed by atoms with E-state index < -0.39 is 10.9 Å². The number of para-hydroxylation sites is 1. The monoisotopic (exact) mass is 296 g/mol. The zero-order valence-electron chi connectivity index (χ0n) is 11.0. The number of carboxylic acid groups (broad SMARTS) is 1. The van der Waals surface area contributed by atoms with E-state index in [1.165, 1.54) is 18.2 Å². The molecule has 1 aromatic rings. The minimum atomic E-state index is -1.16. The van der Waals surface area contributed by atoms with Gasteiger partial charge in [0.25, 0.3) is 5.69 Å². The average Bonchev–Trinajstić information content (AvgIpc) is 2.85. The molecule has 2 rings (SSSR count). The number of nitro groups is 1. The number of carboxylic acids is 1. The maximum absolute atomic E-state index is 11.3. The van der Waals surface area contributed by atoms with Crippen molar-refractivity contribution in [1.82, 2.24) is 0 Å². The summed E-state index contributed by atoms with van der Waals surface area (Å²) >= 11 is 1.71. The second-order valence-corrected chi connectivity index (χ2v) is 5.79. The number of nitrogens with zero attached hydrogens (tertiary/aromatic N) is 1. The number of benzene rings is 1. The van der Waals surface area contributed by atoms with Crippen LogP contribution in [-0.2, 0) is 0 Å². The standard InChI is InChI=1S/C13H16N2O4S/c1-20-11-7-3-5-9(11)14-12-8(13(16)17)4-2-6-10(12)15(18)19/h2,4,6,9,11,14H,3,5,7H2,1H3,(H,16,17). The van der Waals surface area contributed by atoms with Crippen molar-refractivity contribution in [2.45, 2.75) is 30.6 Å². The molecule has 7 heteroatoms. The molecule has 1 aliphatic carbocycles. The lowest BCUT2D eigenvalue weighted by Gasteiger charge is -2.21. The van der Waals surface area contributed by atoms with Gasteiger partial charge in [-0.2, -0.15) is 11.8 Å². The Hall–Kier alpha value is -1.76. The molecule has 0 amide bonds. The third-order valence-corrected chi connectivity index (χ3v) is 4.72. The molecule has 0 radical (unpaired) electrons. The van der Waals surface area contributed by atoms with Crippen LogP contribution in [0.3, 0.4) is 0 Å². The van der Waals surface area contributed by atoms with E-state index in [9.17, 15) is 20.0 Å². The average molecular weight is 296 g/mol. The van der Waals surface area contributed by atoms with Crippen LogP contribution in [0.25, 0.3) is 0 Å². The summed E-state index contributed by atoms with van der Waals surface area (Å²) in [5, 5.41) is 23.7. The van der Waals surface area contributed by atoms with Gasteiger partial charge in [0.2, 0.25) is 0 Å². The van der Waals surface area contributed by atoms with Crippen LogP contribution in [0.4, 0.5) is 11.4 Å². The van der Waals surface area contributed by atoms with Gasteiger partial charge in [0.05, 0.1) is 10.5 Å². The van der Waals surface area contributed by atoms with E-state index in [0.29, 0.717) is 5.25 Å². The van der Waals surface area contributed by atoms with Gasteiger partial charge < -0.3 is 10.4 Å². The zero-order valence-corrected chi connectivity index (χ0v) is 11.9. The first-order chi connectivity index (χ1) is 9.54. The highest BCUT2D eigenvalue weighted by molar-refractivity contribution is 7.99. The van der Waals surface area contributed by atoms with Gasteiger partial charge in [-0.25, -0.2) is 4.79 Å². The summed E-state index contributed by atoms with van der Waals surface area (Å²) in [4.78, 5) is 21.8. The van der Waals surface area contributed by atoms with E-state index in [4.69, 9.17) is 0 Å². The normalized spacial score (nSPS) is 21.6. The second kappa shape index (κ2) is 6.13. The van der Waals surface area contributed by atoms with Crippen LogP contribution in [0, 0.1) is 10.1 Å². The molecule has 1 fully saturated rings. The number of hydrogen-bond acceptors (Lipinski definition) is 5. The van der Waals surface area contributed by atoms with E-state index in [0.717, 1.165) is 19.3 Å². The van der Waals surface area contributed by atoms with E-state index in [1.807, 2.05) is 6.26 Å². The van der Waals surface area contributed by atoms with Gasteiger partial charge in [0, 0.05) is 17.4 Å². The van der Waals surface area contributed by atoms with Crippen LogP contribution in [0.2, 0.25) is 0 Å². The van der Waals surface area contributed by atoms with Crippen molar-refractivity contribution in [3.8, 4) is 0 Å². The minimum absolute atomic E-state index is 0.0500. The zero-order chi connectivity index (χ0) is 14.7. The molecule has 6 nitrogen and oxygen atoms in total. The molecule has 0 heterocycles. The lowest BCUT2D eigenvalue weighted by Crippen LogP contribution is -2.27. The Bertz CT molecular complexity index is 503. The fourth-order valence-corrected chi connectivity index (χ4v) is 3.52. The SMILES string of the molecule is CSC1CCCC1Nc1c(C(=O)O)cccc1[N+](=O)[O-]. The largest absolute Gasteiger partial charge is 0.478 e. The smallest absolute Gasteiger partial charge is 0.338 e. The predicted octanol–water partition coefficient (Wildman–Crippen LogP) is 2.99. The summed E-state index contributed by atoms with van der Waals surface area (Å²) in [6.07, 6.45) is 4.99. The highest BCUT2D eigenvalue weighted by atomic mass is 32.2. The van der Waals surface area contributed by atoms with Gasteiger partial charge >= 0.3 is 5.97 Å². The first-order valence-electron chi connectivity index (χ1n) is 6.34. The second-order valence-electron chi connectivity index (χ2n) is 4.72. The number of carbonyl (C=O) groups is 1. The van der Waals surface area contributed by atoms with Crippen LogP contribution in [0.15, 0.2) is 18.2 Å². The van der Waals surface area contributed by atoms with Gasteiger partial charge in [0.1, 0.15) is 5.69 Å². The Labute approximate surface area is 120 Å². The van der Waals surface area contributed by atoms with Crippen molar-refractivity contribution < 1.29 is 14.8 Å². The first-order valence-corrected chi connectivity index (χ1v) is 7.63. The summed E-state index contributed by atoms with van der Waals surface area (Å²) in [5.74, 6) is -1.16. The molecule has 108 valence electrons. The summed E-state index contributed by atoms with van der Waals surface area (Å²) in [7, 11) is 0. The Balaban J connectivity index is 2.37. The van der Waals surface area contributed by atoms with Gasteiger partial charge in [-0.15, -0.1) is 0 Å².